The Bertz CT molecular complexity index is 552. The lowest BCUT2D eigenvalue weighted by atomic mass is 10.2. The predicted molar refractivity (Wildman–Crippen MR) is 76.9 cm³/mol. The van der Waals surface area contributed by atoms with Gasteiger partial charge in [0.1, 0.15) is 0 Å². The van der Waals surface area contributed by atoms with Gasteiger partial charge in [0.2, 0.25) is 0 Å². The minimum Gasteiger partial charge on any atom is -0.312 e. The summed E-state index contributed by atoms with van der Waals surface area (Å²) >= 11 is 0. The normalized spacial score (nSPS) is 20.1. The van der Waals surface area contributed by atoms with E-state index in [0.29, 0.717) is 12.6 Å². The zero-order chi connectivity index (χ0) is 13.3. The molecule has 1 atom stereocenters. The molecule has 1 N–H and O–H groups in total. The monoisotopic (exact) mass is 288 g/mol. The van der Waals surface area contributed by atoms with Gasteiger partial charge >= 0.3 is 5.69 Å². The summed E-state index contributed by atoms with van der Waals surface area (Å²) in [7, 11) is 3.21. The maximum absolute atomic E-state index is 11.8. The summed E-state index contributed by atoms with van der Waals surface area (Å²) in [5.74, 6) is 0. The molecule has 1 aliphatic heterocycles. The van der Waals surface area contributed by atoms with Crippen LogP contribution in [0.25, 0.3) is 0 Å². The van der Waals surface area contributed by atoms with Crippen LogP contribution < -0.4 is 16.6 Å². The van der Waals surface area contributed by atoms with Crippen LogP contribution in [0.3, 0.4) is 0 Å². The molecule has 0 radical (unpaired) electrons. The predicted octanol–water partition coefficient (Wildman–Crippen LogP) is -0.700. The third kappa shape index (κ3) is 3.46. The molecule has 19 heavy (non-hydrogen) atoms. The van der Waals surface area contributed by atoms with Crippen LogP contribution in [0.4, 0.5) is 0 Å². The molecule has 108 valence electrons. The summed E-state index contributed by atoms with van der Waals surface area (Å²) in [6.07, 6.45) is 0. The largest absolute Gasteiger partial charge is 0.330 e. The van der Waals surface area contributed by atoms with E-state index in [1.54, 1.807) is 17.7 Å². The summed E-state index contributed by atoms with van der Waals surface area (Å²) in [4.78, 5) is 25.7. The first-order valence-electron chi connectivity index (χ1n) is 6.20. The van der Waals surface area contributed by atoms with Crippen LogP contribution in [0, 0.1) is 0 Å². The molecule has 0 saturated carbocycles. The molecule has 1 aromatic heterocycles. The molecule has 2 heterocycles. The second kappa shape index (κ2) is 6.36. The highest BCUT2D eigenvalue weighted by molar-refractivity contribution is 5.85. The molecule has 1 aromatic rings. The van der Waals surface area contributed by atoms with E-state index in [-0.39, 0.29) is 23.7 Å². The highest BCUT2D eigenvalue weighted by Crippen LogP contribution is 2.04. The maximum Gasteiger partial charge on any atom is 0.330 e. The van der Waals surface area contributed by atoms with Gasteiger partial charge in [0, 0.05) is 58.1 Å². The smallest absolute Gasteiger partial charge is 0.312 e. The molecule has 6 nitrogen and oxygen atoms in total. The zero-order valence-corrected chi connectivity index (χ0v) is 12.4. The molecular formula is C12H21ClN4O2. The number of aromatic nitrogens is 2. The molecule has 2 rings (SSSR count). The second-order valence-corrected chi connectivity index (χ2v) is 4.96. The lowest BCUT2D eigenvalue weighted by molar-refractivity contribution is 0.195. The van der Waals surface area contributed by atoms with E-state index >= 15 is 0 Å². The van der Waals surface area contributed by atoms with E-state index in [0.717, 1.165) is 29.9 Å². The quantitative estimate of drug-likeness (QED) is 0.782. The fourth-order valence-electron chi connectivity index (χ4n) is 2.31. The van der Waals surface area contributed by atoms with Crippen molar-refractivity contribution < 1.29 is 0 Å². The summed E-state index contributed by atoms with van der Waals surface area (Å²) in [5, 5.41) is 3.37. The van der Waals surface area contributed by atoms with E-state index in [1.807, 2.05) is 0 Å². The average molecular weight is 289 g/mol. The van der Waals surface area contributed by atoms with Gasteiger partial charge in [-0.3, -0.25) is 18.8 Å². The summed E-state index contributed by atoms with van der Waals surface area (Å²) in [5.41, 5.74) is 0.272. The van der Waals surface area contributed by atoms with Crippen LogP contribution in [-0.4, -0.2) is 39.7 Å². The Morgan fingerprint density at radius 2 is 2.00 bits per heavy atom. The highest BCUT2D eigenvalue weighted by Gasteiger charge is 2.17. The topological polar surface area (TPSA) is 59.3 Å². The highest BCUT2D eigenvalue weighted by atomic mass is 35.5. The van der Waals surface area contributed by atoms with Crippen LogP contribution in [0.1, 0.15) is 12.6 Å². The number of rotatable bonds is 2. The number of piperazine rings is 1. The minimum absolute atomic E-state index is 0. The average Bonchev–Trinajstić information content (AvgIpc) is 2.33. The second-order valence-electron chi connectivity index (χ2n) is 4.96. The van der Waals surface area contributed by atoms with Gasteiger partial charge in [0.05, 0.1) is 0 Å². The van der Waals surface area contributed by atoms with Gasteiger partial charge in [0.25, 0.3) is 5.56 Å². The number of nitrogens with zero attached hydrogens (tertiary/aromatic N) is 3. The van der Waals surface area contributed by atoms with E-state index in [9.17, 15) is 9.59 Å². The van der Waals surface area contributed by atoms with Crippen molar-refractivity contribution in [2.75, 3.05) is 19.6 Å². The molecule has 0 aliphatic carbocycles. The fraction of sp³-hybridized carbons (Fsp3) is 0.667. The van der Waals surface area contributed by atoms with Crippen LogP contribution in [-0.2, 0) is 20.6 Å². The molecule has 0 bridgehead atoms. The Morgan fingerprint density at radius 3 is 2.63 bits per heavy atom. The van der Waals surface area contributed by atoms with Gasteiger partial charge in [-0.25, -0.2) is 4.79 Å². The molecule has 1 saturated heterocycles. The first kappa shape index (κ1) is 15.9. The molecule has 0 amide bonds. The van der Waals surface area contributed by atoms with Gasteiger partial charge in [-0.05, 0) is 6.92 Å². The van der Waals surface area contributed by atoms with Crippen molar-refractivity contribution in [1.82, 2.24) is 19.4 Å². The van der Waals surface area contributed by atoms with Crippen molar-refractivity contribution in [2.45, 2.75) is 19.5 Å². The van der Waals surface area contributed by atoms with Gasteiger partial charge in [0.15, 0.2) is 0 Å². The third-order valence-corrected chi connectivity index (χ3v) is 3.46. The van der Waals surface area contributed by atoms with Crippen molar-refractivity contribution in [2.24, 2.45) is 14.1 Å². The Balaban J connectivity index is 0.00000180. The van der Waals surface area contributed by atoms with Crippen molar-refractivity contribution in [3.8, 4) is 0 Å². The van der Waals surface area contributed by atoms with E-state index in [4.69, 9.17) is 0 Å². The standard InChI is InChI=1S/C12H20N4O2.ClH/c1-9-7-16(5-4-13-9)8-10-6-11(17)15(3)12(18)14(10)2;/h6,9,13H,4-5,7-8H2,1-3H3;1H. The number of nitrogens with one attached hydrogen (secondary N) is 1. The minimum atomic E-state index is -0.263. The summed E-state index contributed by atoms with van der Waals surface area (Å²) in [6.45, 7) is 5.60. The first-order chi connectivity index (χ1) is 8.49. The Morgan fingerprint density at radius 1 is 1.32 bits per heavy atom. The van der Waals surface area contributed by atoms with Gasteiger partial charge in [-0.15, -0.1) is 12.4 Å². The zero-order valence-electron chi connectivity index (χ0n) is 11.5. The van der Waals surface area contributed by atoms with Crippen LogP contribution in [0.15, 0.2) is 15.7 Å². The van der Waals surface area contributed by atoms with Crippen LogP contribution in [0.2, 0.25) is 0 Å². The number of halogens is 1. The number of hydrogen-bond acceptors (Lipinski definition) is 4. The van der Waals surface area contributed by atoms with Crippen LogP contribution in [0.5, 0.6) is 0 Å². The molecule has 0 aromatic carbocycles. The van der Waals surface area contributed by atoms with Crippen molar-refractivity contribution >= 4 is 12.4 Å². The van der Waals surface area contributed by atoms with E-state index in [2.05, 4.69) is 17.1 Å². The number of hydrogen-bond donors (Lipinski definition) is 1. The summed E-state index contributed by atoms with van der Waals surface area (Å²) in [6, 6.07) is 2.00. The van der Waals surface area contributed by atoms with Crippen molar-refractivity contribution in [1.29, 1.82) is 0 Å². The molecule has 7 heteroatoms. The SMILES string of the molecule is CC1CN(Cc2cc(=O)n(C)c(=O)n2C)CCN1.Cl. The Labute approximate surface area is 118 Å². The third-order valence-electron chi connectivity index (χ3n) is 3.46. The van der Waals surface area contributed by atoms with Gasteiger partial charge < -0.3 is 5.32 Å². The molecular weight excluding hydrogens is 268 g/mol. The Hall–Kier alpha value is -1.11. The lowest BCUT2D eigenvalue weighted by Gasteiger charge is -2.32. The van der Waals surface area contributed by atoms with Crippen molar-refractivity contribution in [3.05, 3.63) is 32.6 Å². The lowest BCUT2D eigenvalue weighted by Crippen LogP contribution is -2.49. The molecule has 0 spiro atoms. The maximum atomic E-state index is 11.8. The van der Waals surface area contributed by atoms with Gasteiger partial charge in [-0.2, -0.15) is 0 Å². The summed E-state index contributed by atoms with van der Waals surface area (Å²) < 4.78 is 2.68. The Kier molecular flexibility index (Phi) is 5.34. The van der Waals surface area contributed by atoms with E-state index in [1.165, 1.54) is 7.05 Å². The molecule has 1 fully saturated rings. The molecule has 1 aliphatic rings. The molecule has 1 unspecified atom stereocenters. The fourth-order valence-corrected chi connectivity index (χ4v) is 2.31. The first-order valence-corrected chi connectivity index (χ1v) is 6.20. The van der Waals surface area contributed by atoms with Gasteiger partial charge in [-0.1, -0.05) is 0 Å². The van der Waals surface area contributed by atoms with E-state index < -0.39 is 0 Å². The van der Waals surface area contributed by atoms with Crippen molar-refractivity contribution in [3.63, 3.8) is 0 Å². The van der Waals surface area contributed by atoms with Crippen LogP contribution >= 0.6 is 12.4 Å².